The molecule has 40 heavy (non-hydrogen) atoms. The summed E-state index contributed by atoms with van der Waals surface area (Å²) in [6.45, 7) is 2.36. The number of unbranched alkanes of at least 4 members (excludes halogenated alkanes) is 2. The first-order valence-corrected chi connectivity index (χ1v) is 15.2. The second-order valence-electron chi connectivity index (χ2n) is 11.1. The van der Waals surface area contributed by atoms with Crippen LogP contribution >= 0.6 is 11.6 Å². The Labute approximate surface area is 243 Å². The van der Waals surface area contributed by atoms with Gasteiger partial charge >= 0.3 is 0 Å². The lowest BCUT2D eigenvalue weighted by Gasteiger charge is -2.19. The zero-order valence-corrected chi connectivity index (χ0v) is 24.2. The van der Waals surface area contributed by atoms with E-state index in [1.54, 1.807) is 6.07 Å². The molecule has 5 rings (SSSR count). The molecule has 0 spiro atoms. The summed E-state index contributed by atoms with van der Waals surface area (Å²) >= 11 is 6.85. The molecule has 3 aromatic carbocycles. The van der Waals surface area contributed by atoms with Gasteiger partial charge in [0, 0.05) is 0 Å². The second kappa shape index (κ2) is 13.6. The second-order valence-corrected chi connectivity index (χ2v) is 11.5. The van der Waals surface area contributed by atoms with Crippen LogP contribution in [0.25, 0.3) is 11.1 Å². The summed E-state index contributed by atoms with van der Waals surface area (Å²) in [5, 5.41) is 10.9. The van der Waals surface area contributed by atoms with E-state index in [2.05, 4.69) is 30.3 Å². The molecule has 0 radical (unpaired) electrons. The summed E-state index contributed by atoms with van der Waals surface area (Å²) in [6, 6.07) is 20.1. The van der Waals surface area contributed by atoms with Gasteiger partial charge in [0.15, 0.2) is 0 Å². The summed E-state index contributed by atoms with van der Waals surface area (Å²) in [5.74, 6) is 2.65. The highest BCUT2D eigenvalue weighted by Gasteiger charge is 2.26. The van der Waals surface area contributed by atoms with Crippen LogP contribution in [0.3, 0.4) is 0 Å². The lowest BCUT2D eigenvalue weighted by atomic mass is 9.87. The first-order valence-electron chi connectivity index (χ1n) is 14.9. The number of halogens is 2. The number of aryl methyl sites for hydroxylation is 1. The number of phenols is 1. The first kappa shape index (κ1) is 28.5. The maximum Gasteiger partial charge on any atom is 0.120 e. The zero-order chi connectivity index (χ0) is 27.9. The Hall–Kier alpha value is -2.98. The third-order valence-electron chi connectivity index (χ3n) is 8.29. The van der Waals surface area contributed by atoms with Gasteiger partial charge in [-0.15, -0.1) is 0 Å². The van der Waals surface area contributed by atoms with Gasteiger partial charge in [0.2, 0.25) is 0 Å². The van der Waals surface area contributed by atoms with Crippen molar-refractivity contribution >= 4 is 22.7 Å². The van der Waals surface area contributed by atoms with Gasteiger partial charge in [0.05, 0.1) is 24.4 Å². The van der Waals surface area contributed by atoms with Crippen molar-refractivity contribution in [1.29, 1.82) is 0 Å². The molecule has 2 atom stereocenters. The Morgan fingerprint density at radius 3 is 2.48 bits per heavy atom. The third-order valence-corrected chi connectivity index (χ3v) is 8.61. The van der Waals surface area contributed by atoms with E-state index in [1.165, 1.54) is 18.4 Å². The van der Waals surface area contributed by atoms with Crippen molar-refractivity contribution < 1.29 is 19.0 Å². The lowest BCUT2D eigenvalue weighted by molar-refractivity contribution is 0.203. The Morgan fingerprint density at radius 1 is 0.900 bits per heavy atom. The molecule has 212 valence electrons. The van der Waals surface area contributed by atoms with Crippen molar-refractivity contribution in [3.8, 4) is 17.2 Å². The smallest absolute Gasteiger partial charge is 0.120 e. The molecule has 0 aliphatic heterocycles. The molecule has 2 unspecified atom stereocenters. The number of aromatic hydroxyl groups is 1. The van der Waals surface area contributed by atoms with E-state index in [9.17, 15) is 9.50 Å². The molecule has 0 aromatic heterocycles. The minimum Gasteiger partial charge on any atom is -0.508 e. The van der Waals surface area contributed by atoms with E-state index < -0.39 is 0 Å². The fourth-order valence-electron chi connectivity index (χ4n) is 6.37. The molecule has 3 aromatic rings. The number of benzene rings is 3. The van der Waals surface area contributed by atoms with Crippen molar-refractivity contribution in [2.24, 2.45) is 5.92 Å². The number of alkyl halides is 1. The number of allylic oxidation sites excluding steroid dienone is 1. The maximum atomic E-state index is 12.4. The van der Waals surface area contributed by atoms with E-state index in [-0.39, 0.29) is 12.8 Å². The number of rotatable bonds is 11. The molecule has 0 heterocycles. The normalized spacial score (nSPS) is 18.9. The number of phenolic OH excluding ortho intramolecular Hbond substituents is 1. The first-order chi connectivity index (χ1) is 19.6. The Kier molecular flexibility index (Phi) is 9.70. The molecule has 5 heteroatoms. The van der Waals surface area contributed by atoms with Gasteiger partial charge in [-0.1, -0.05) is 49.1 Å². The maximum absolute atomic E-state index is 12.4. The Balaban J connectivity index is 1.41. The standard InChI is InChI=1S/C35H40ClFO3/c1-2-39-29-17-19-32(34(36)23-29)33-9-6-8-26-22-27(38)13-18-31(26)35(33)25-11-15-28(16-12-25)40-30-14-10-24(21-30)7-4-3-5-20-37/h11-13,15-19,22-24,30,38H,2-10,14,20-21H2,1H3. The molecule has 1 saturated carbocycles. The summed E-state index contributed by atoms with van der Waals surface area (Å²) in [7, 11) is 0. The molecule has 3 nitrogen and oxygen atoms in total. The summed E-state index contributed by atoms with van der Waals surface area (Å²) < 4.78 is 24.5. The van der Waals surface area contributed by atoms with Gasteiger partial charge in [-0.2, -0.15) is 0 Å². The van der Waals surface area contributed by atoms with Crippen molar-refractivity contribution in [3.63, 3.8) is 0 Å². The van der Waals surface area contributed by atoms with Gasteiger partial charge in [-0.05, 0) is 134 Å². The number of hydrogen-bond acceptors (Lipinski definition) is 3. The Morgan fingerprint density at radius 2 is 1.70 bits per heavy atom. The van der Waals surface area contributed by atoms with Crippen LogP contribution in [0, 0.1) is 5.92 Å². The largest absolute Gasteiger partial charge is 0.508 e. The third kappa shape index (κ3) is 6.83. The molecule has 2 aliphatic carbocycles. The quantitative estimate of drug-likeness (QED) is 0.236. The van der Waals surface area contributed by atoms with E-state index in [0.717, 1.165) is 84.3 Å². The highest BCUT2D eigenvalue weighted by molar-refractivity contribution is 6.33. The summed E-state index contributed by atoms with van der Waals surface area (Å²) in [5.41, 5.74) is 6.77. The van der Waals surface area contributed by atoms with Gasteiger partial charge in [0.1, 0.15) is 17.2 Å². The van der Waals surface area contributed by atoms with Gasteiger partial charge < -0.3 is 14.6 Å². The zero-order valence-electron chi connectivity index (χ0n) is 23.4. The van der Waals surface area contributed by atoms with E-state index >= 15 is 0 Å². The predicted octanol–water partition coefficient (Wildman–Crippen LogP) is 9.82. The summed E-state index contributed by atoms with van der Waals surface area (Å²) in [4.78, 5) is 0. The van der Waals surface area contributed by atoms with Crippen LogP contribution in [-0.2, 0) is 6.42 Å². The molecule has 0 amide bonds. The van der Waals surface area contributed by atoms with Crippen LogP contribution < -0.4 is 9.47 Å². The highest BCUT2D eigenvalue weighted by Crippen LogP contribution is 2.43. The molecule has 0 bridgehead atoms. The minimum atomic E-state index is -0.202. The highest BCUT2D eigenvalue weighted by atomic mass is 35.5. The average molecular weight is 563 g/mol. The molecular formula is C35H40ClFO3. The van der Waals surface area contributed by atoms with Gasteiger partial charge in [-0.25, -0.2) is 0 Å². The van der Waals surface area contributed by atoms with Crippen molar-refractivity contribution in [3.05, 3.63) is 87.9 Å². The van der Waals surface area contributed by atoms with Crippen LogP contribution in [0.1, 0.15) is 87.0 Å². The van der Waals surface area contributed by atoms with Crippen LogP contribution in [0.2, 0.25) is 5.02 Å². The molecule has 0 saturated heterocycles. The topological polar surface area (TPSA) is 38.7 Å². The van der Waals surface area contributed by atoms with Crippen LogP contribution in [0.15, 0.2) is 60.7 Å². The van der Waals surface area contributed by atoms with E-state index in [0.29, 0.717) is 29.7 Å². The van der Waals surface area contributed by atoms with Crippen LogP contribution in [0.5, 0.6) is 17.2 Å². The number of fused-ring (bicyclic) bond motifs is 1. The fourth-order valence-corrected chi connectivity index (χ4v) is 6.65. The van der Waals surface area contributed by atoms with Crippen LogP contribution in [0.4, 0.5) is 4.39 Å². The lowest BCUT2D eigenvalue weighted by Crippen LogP contribution is -2.12. The van der Waals surface area contributed by atoms with Crippen molar-refractivity contribution in [2.75, 3.05) is 13.3 Å². The monoisotopic (exact) mass is 562 g/mol. The van der Waals surface area contributed by atoms with Gasteiger partial charge in [0.25, 0.3) is 0 Å². The Bertz CT molecular complexity index is 1320. The van der Waals surface area contributed by atoms with E-state index in [1.807, 2.05) is 31.2 Å². The summed E-state index contributed by atoms with van der Waals surface area (Å²) in [6.07, 6.45) is 10.3. The molecular weight excluding hydrogens is 523 g/mol. The number of ether oxygens (including phenoxy) is 2. The molecule has 1 N–H and O–H groups in total. The van der Waals surface area contributed by atoms with Crippen LogP contribution in [-0.4, -0.2) is 24.5 Å². The molecule has 1 fully saturated rings. The van der Waals surface area contributed by atoms with Gasteiger partial charge in [-0.3, -0.25) is 4.39 Å². The average Bonchev–Trinajstić information content (AvgIpc) is 3.31. The predicted molar refractivity (Wildman–Crippen MR) is 162 cm³/mol. The van der Waals surface area contributed by atoms with Crippen molar-refractivity contribution in [2.45, 2.75) is 77.2 Å². The fraction of sp³-hybridized carbons (Fsp3) is 0.429. The number of hydrogen-bond donors (Lipinski definition) is 1. The molecule has 2 aliphatic rings. The van der Waals surface area contributed by atoms with E-state index in [4.69, 9.17) is 21.1 Å². The SMILES string of the molecule is CCOc1ccc(C2=C(c3ccc(OC4CCC(CCCCCF)C4)cc3)c3ccc(O)cc3CCC2)c(Cl)c1. The van der Waals surface area contributed by atoms with Crippen molar-refractivity contribution in [1.82, 2.24) is 0 Å². The minimum absolute atomic E-state index is 0.202.